The quantitative estimate of drug-likeness (QED) is 0.368. The van der Waals surface area contributed by atoms with Crippen LogP contribution in [0, 0.1) is 5.82 Å². The summed E-state index contributed by atoms with van der Waals surface area (Å²) in [4.78, 5) is 12.3. The number of carbonyl (C=O) groups excluding carboxylic acids is 1. The van der Waals surface area contributed by atoms with Crippen molar-refractivity contribution in [2.45, 2.75) is 20.3 Å². The molecule has 0 spiro atoms. The van der Waals surface area contributed by atoms with Gasteiger partial charge in [-0.15, -0.1) is 0 Å². The molecule has 1 N–H and O–H groups in total. The minimum atomic E-state index is -0.711. The summed E-state index contributed by atoms with van der Waals surface area (Å²) in [5.41, 5.74) is 2.41. The van der Waals surface area contributed by atoms with Gasteiger partial charge in [-0.3, -0.25) is 0 Å². The number of hydrogen-bond acceptors (Lipinski definition) is 4. The maximum Gasteiger partial charge on any atom is 0.342 e. The van der Waals surface area contributed by atoms with Gasteiger partial charge in [-0.05, 0) is 49.6 Å². The third kappa shape index (κ3) is 5.91. The first-order valence-electron chi connectivity index (χ1n) is 9.10. The molecule has 0 aliphatic rings. The first kappa shape index (κ1) is 22.1. The molecule has 2 aromatic carbocycles. The van der Waals surface area contributed by atoms with Gasteiger partial charge in [0.1, 0.15) is 36.2 Å². The van der Waals surface area contributed by atoms with Crippen molar-refractivity contribution in [3.05, 3.63) is 70.1 Å². The normalized spacial score (nSPS) is 10.8. The van der Waals surface area contributed by atoms with Gasteiger partial charge >= 0.3 is 5.97 Å². The van der Waals surface area contributed by atoms with Gasteiger partial charge < -0.3 is 14.6 Å². The van der Waals surface area contributed by atoms with E-state index in [1.165, 1.54) is 19.2 Å². The smallest absolute Gasteiger partial charge is 0.342 e. The molecule has 0 heterocycles. The van der Waals surface area contributed by atoms with Crippen molar-refractivity contribution in [2.75, 3.05) is 20.4 Å². The highest BCUT2D eigenvalue weighted by Gasteiger charge is 2.23. The molecule has 0 saturated carbocycles. The van der Waals surface area contributed by atoms with Gasteiger partial charge in [-0.2, -0.15) is 0 Å². The molecule has 154 valence electrons. The van der Waals surface area contributed by atoms with Crippen molar-refractivity contribution in [1.82, 2.24) is 0 Å². The van der Waals surface area contributed by atoms with Gasteiger partial charge in [-0.1, -0.05) is 35.9 Å². The van der Waals surface area contributed by atoms with Crippen LogP contribution in [0.4, 0.5) is 8.78 Å². The van der Waals surface area contributed by atoms with E-state index in [1.807, 2.05) is 19.9 Å². The van der Waals surface area contributed by atoms with E-state index < -0.39 is 12.6 Å². The second-order valence-electron chi connectivity index (χ2n) is 6.57. The Morgan fingerprint density at radius 1 is 1.17 bits per heavy atom. The maximum atomic E-state index is 13.1. The van der Waals surface area contributed by atoms with E-state index in [9.17, 15) is 18.7 Å². The van der Waals surface area contributed by atoms with Crippen LogP contribution >= 0.6 is 0 Å². The number of carbonyl (C=O) groups is 1. The molecule has 0 atom stereocenters. The fraction of sp³-hybridized carbons (Fsp3) is 0.261. The van der Waals surface area contributed by atoms with Crippen LogP contribution in [-0.4, -0.2) is 31.5 Å². The van der Waals surface area contributed by atoms with Crippen molar-refractivity contribution in [1.29, 1.82) is 0 Å². The van der Waals surface area contributed by atoms with E-state index in [-0.39, 0.29) is 29.5 Å². The molecule has 0 radical (unpaired) electrons. The number of benzene rings is 2. The highest BCUT2D eigenvalue weighted by atomic mass is 19.1. The summed E-state index contributed by atoms with van der Waals surface area (Å²) < 4.78 is 36.1. The molecule has 0 aromatic heterocycles. The van der Waals surface area contributed by atoms with Crippen molar-refractivity contribution >= 4 is 18.1 Å². The second kappa shape index (κ2) is 10.4. The van der Waals surface area contributed by atoms with Crippen LogP contribution in [0.5, 0.6) is 11.5 Å². The van der Waals surface area contributed by atoms with E-state index >= 15 is 0 Å². The van der Waals surface area contributed by atoms with Gasteiger partial charge in [0, 0.05) is 5.56 Å². The number of halogens is 2. The van der Waals surface area contributed by atoms with Gasteiger partial charge in [-0.25, -0.2) is 13.6 Å². The van der Waals surface area contributed by atoms with Crippen molar-refractivity contribution < 1.29 is 28.2 Å². The summed E-state index contributed by atoms with van der Waals surface area (Å²) in [6.45, 7) is 2.93. The molecular weight excluding hydrogens is 378 g/mol. The molecule has 0 bridgehead atoms. The zero-order valence-corrected chi connectivity index (χ0v) is 16.7. The van der Waals surface area contributed by atoms with Crippen LogP contribution in [0.1, 0.15) is 40.9 Å². The van der Waals surface area contributed by atoms with Crippen LogP contribution < -0.4 is 4.74 Å². The number of phenolic OH excluding ortho intramolecular Hbond substituents is 1. The summed E-state index contributed by atoms with van der Waals surface area (Å²) in [6.07, 6.45) is 5.43. The third-order valence-corrected chi connectivity index (χ3v) is 4.16. The molecule has 29 heavy (non-hydrogen) atoms. The predicted octanol–water partition coefficient (Wildman–Crippen LogP) is 5.35. The molecule has 0 aliphatic heterocycles. The van der Waals surface area contributed by atoms with Crippen LogP contribution in [-0.2, 0) is 11.2 Å². The summed E-state index contributed by atoms with van der Waals surface area (Å²) in [5.74, 6) is -1.06. The van der Waals surface area contributed by atoms with E-state index in [1.54, 1.807) is 30.4 Å². The Kier molecular flexibility index (Phi) is 7.95. The highest BCUT2D eigenvalue weighted by molar-refractivity contribution is 5.98. The lowest BCUT2D eigenvalue weighted by atomic mass is 9.97. The zero-order valence-electron chi connectivity index (χ0n) is 16.7. The van der Waals surface area contributed by atoms with Gasteiger partial charge in [0.05, 0.1) is 7.11 Å². The first-order chi connectivity index (χ1) is 13.9. The Hall–Kier alpha value is -3.15. The number of hydrogen-bond donors (Lipinski definition) is 1. The van der Waals surface area contributed by atoms with Crippen LogP contribution in [0.2, 0.25) is 0 Å². The lowest BCUT2D eigenvalue weighted by Gasteiger charge is -2.16. The molecular formula is C23H24F2O4. The SMILES string of the molecule is COC(=O)c1c(/C=C/c2ccc(F)cc2)cc(OCCF)c(CC=C(C)C)c1O. The fourth-order valence-electron chi connectivity index (χ4n) is 2.69. The van der Waals surface area contributed by atoms with Crippen molar-refractivity contribution in [3.63, 3.8) is 0 Å². The molecule has 2 rings (SSSR count). The number of alkyl halides is 1. The first-order valence-corrected chi connectivity index (χ1v) is 9.10. The van der Waals surface area contributed by atoms with E-state index in [0.717, 1.165) is 5.57 Å². The van der Waals surface area contributed by atoms with Crippen molar-refractivity contribution in [2.24, 2.45) is 0 Å². The Bertz CT molecular complexity index is 911. The number of aromatic hydroxyl groups is 1. The number of rotatable bonds is 8. The average molecular weight is 402 g/mol. The molecule has 4 nitrogen and oxygen atoms in total. The fourth-order valence-corrected chi connectivity index (χ4v) is 2.69. The lowest BCUT2D eigenvalue weighted by Crippen LogP contribution is -2.09. The van der Waals surface area contributed by atoms with E-state index in [4.69, 9.17) is 9.47 Å². The minimum absolute atomic E-state index is 0.0179. The third-order valence-electron chi connectivity index (χ3n) is 4.16. The van der Waals surface area contributed by atoms with Crippen LogP contribution in [0.25, 0.3) is 12.2 Å². The lowest BCUT2D eigenvalue weighted by molar-refractivity contribution is 0.0597. The Labute approximate surface area is 169 Å². The molecule has 0 aliphatic carbocycles. The number of allylic oxidation sites excluding steroid dienone is 2. The van der Waals surface area contributed by atoms with Crippen molar-refractivity contribution in [3.8, 4) is 11.5 Å². The largest absolute Gasteiger partial charge is 0.507 e. The number of methoxy groups -OCH3 is 1. The number of ether oxygens (including phenoxy) is 2. The Balaban J connectivity index is 2.60. The Morgan fingerprint density at radius 2 is 1.86 bits per heavy atom. The molecule has 0 unspecified atom stereocenters. The van der Waals surface area contributed by atoms with Gasteiger partial charge in [0.15, 0.2) is 0 Å². The predicted molar refractivity (Wildman–Crippen MR) is 109 cm³/mol. The standard InChI is InChI=1S/C23H24F2O4/c1-15(2)4-11-19-20(29-13-12-24)14-17(21(22(19)26)23(27)28-3)8-5-16-6-9-18(25)10-7-16/h4-10,14,26H,11-13H2,1-3H3/b8-5+. The van der Waals surface area contributed by atoms with E-state index in [2.05, 4.69) is 0 Å². The van der Waals surface area contributed by atoms with Gasteiger partial charge in [0.2, 0.25) is 0 Å². The minimum Gasteiger partial charge on any atom is -0.507 e. The molecule has 6 heteroatoms. The second-order valence-corrected chi connectivity index (χ2v) is 6.57. The van der Waals surface area contributed by atoms with Crippen LogP contribution in [0.15, 0.2) is 42.0 Å². The topological polar surface area (TPSA) is 55.8 Å². The summed E-state index contributed by atoms with van der Waals surface area (Å²) in [5, 5.41) is 10.8. The average Bonchev–Trinajstić information content (AvgIpc) is 2.70. The van der Waals surface area contributed by atoms with Gasteiger partial charge in [0.25, 0.3) is 0 Å². The Morgan fingerprint density at radius 3 is 2.45 bits per heavy atom. The monoisotopic (exact) mass is 402 g/mol. The maximum absolute atomic E-state index is 13.1. The molecule has 0 fully saturated rings. The van der Waals surface area contributed by atoms with E-state index in [0.29, 0.717) is 23.1 Å². The summed E-state index contributed by atoms with van der Waals surface area (Å²) in [7, 11) is 1.22. The zero-order chi connectivity index (χ0) is 21.4. The number of esters is 1. The molecule has 0 amide bonds. The summed E-state index contributed by atoms with van der Waals surface area (Å²) >= 11 is 0. The molecule has 0 saturated heterocycles. The summed E-state index contributed by atoms with van der Waals surface area (Å²) in [6, 6.07) is 7.35. The van der Waals surface area contributed by atoms with Crippen LogP contribution in [0.3, 0.4) is 0 Å². The number of phenols is 1. The highest BCUT2D eigenvalue weighted by Crippen LogP contribution is 2.37. The molecule has 2 aromatic rings.